The summed E-state index contributed by atoms with van der Waals surface area (Å²) >= 11 is 3.40. The van der Waals surface area contributed by atoms with E-state index in [2.05, 4.69) is 26.1 Å². The highest BCUT2D eigenvalue weighted by Crippen LogP contribution is 2.29. The smallest absolute Gasteiger partial charge is 0.244 e. The first-order chi connectivity index (χ1) is 10.5. The Morgan fingerprint density at radius 3 is 2.64 bits per heavy atom. The van der Waals surface area contributed by atoms with Gasteiger partial charge in [0.05, 0.1) is 4.90 Å². The molecular formula is C15H22BrN3O2S. The normalized spacial score (nSPS) is 24.7. The van der Waals surface area contributed by atoms with Crippen molar-refractivity contribution in [1.82, 2.24) is 14.5 Å². The fourth-order valence-electron chi connectivity index (χ4n) is 3.23. The molecular weight excluding hydrogens is 366 g/mol. The molecule has 2 saturated heterocycles. The molecule has 5 nitrogen and oxygen atoms in total. The van der Waals surface area contributed by atoms with E-state index in [1.165, 1.54) is 0 Å². The minimum Gasteiger partial charge on any atom is -0.314 e. The molecule has 2 aliphatic heterocycles. The van der Waals surface area contributed by atoms with Crippen molar-refractivity contribution in [3.8, 4) is 0 Å². The summed E-state index contributed by atoms with van der Waals surface area (Å²) in [6.45, 7) is 7.16. The van der Waals surface area contributed by atoms with Crippen molar-refractivity contribution in [1.29, 1.82) is 0 Å². The summed E-state index contributed by atoms with van der Waals surface area (Å²) in [5.41, 5.74) is 1.05. The standard InChI is InChI=1S/C15H22BrN3O2S/c1-12-2-3-15(14(16)10-12)22(20,21)19-7-4-13(11-19)18-8-5-17-6-9-18/h2-3,10,13,17H,4-9,11H2,1H3. The number of sulfonamides is 1. The SMILES string of the molecule is Cc1ccc(S(=O)(=O)N2CCC(N3CCNCC3)C2)c(Br)c1. The maximum Gasteiger partial charge on any atom is 0.244 e. The Labute approximate surface area is 140 Å². The predicted molar refractivity (Wildman–Crippen MR) is 90.5 cm³/mol. The van der Waals surface area contributed by atoms with Crippen molar-refractivity contribution in [2.75, 3.05) is 39.3 Å². The fraction of sp³-hybridized carbons (Fsp3) is 0.600. The third kappa shape index (κ3) is 3.23. The summed E-state index contributed by atoms with van der Waals surface area (Å²) in [7, 11) is -3.41. The maximum absolute atomic E-state index is 12.9. The Bertz CT molecular complexity index is 644. The van der Waals surface area contributed by atoms with Crippen LogP contribution in [0.1, 0.15) is 12.0 Å². The van der Waals surface area contributed by atoms with E-state index in [0.29, 0.717) is 28.5 Å². The molecule has 122 valence electrons. The van der Waals surface area contributed by atoms with E-state index in [1.807, 2.05) is 19.1 Å². The highest BCUT2D eigenvalue weighted by atomic mass is 79.9. The molecule has 0 aliphatic carbocycles. The van der Waals surface area contributed by atoms with E-state index in [4.69, 9.17) is 0 Å². The number of aryl methyl sites for hydroxylation is 1. The monoisotopic (exact) mass is 387 g/mol. The van der Waals surface area contributed by atoms with Gasteiger partial charge >= 0.3 is 0 Å². The van der Waals surface area contributed by atoms with Gasteiger partial charge in [0, 0.05) is 49.8 Å². The van der Waals surface area contributed by atoms with Gasteiger partial charge in [-0.2, -0.15) is 4.31 Å². The Kier molecular flexibility index (Phi) is 4.89. The number of halogens is 1. The lowest BCUT2D eigenvalue weighted by Crippen LogP contribution is -2.49. The second-order valence-electron chi connectivity index (χ2n) is 6.03. The molecule has 0 aromatic heterocycles. The van der Waals surface area contributed by atoms with Crippen LogP contribution >= 0.6 is 15.9 Å². The zero-order valence-electron chi connectivity index (χ0n) is 12.8. The Hall–Kier alpha value is -0.470. The molecule has 0 saturated carbocycles. The van der Waals surface area contributed by atoms with E-state index in [9.17, 15) is 8.42 Å². The van der Waals surface area contributed by atoms with Gasteiger partial charge in [0.15, 0.2) is 0 Å². The van der Waals surface area contributed by atoms with E-state index in [0.717, 1.165) is 38.2 Å². The summed E-state index contributed by atoms with van der Waals surface area (Å²) in [4.78, 5) is 2.79. The van der Waals surface area contributed by atoms with Crippen LogP contribution in [-0.2, 0) is 10.0 Å². The van der Waals surface area contributed by atoms with Crippen LogP contribution in [0.5, 0.6) is 0 Å². The van der Waals surface area contributed by atoms with E-state index in [-0.39, 0.29) is 0 Å². The van der Waals surface area contributed by atoms with Crippen molar-refractivity contribution < 1.29 is 8.42 Å². The quantitative estimate of drug-likeness (QED) is 0.851. The Morgan fingerprint density at radius 1 is 1.23 bits per heavy atom. The lowest BCUT2D eigenvalue weighted by molar-refractivity contribution is 0.179. The molecule has 1 N–H and O–H groups in total. The summed E-state index contributed by atoms with van der Waals surface area (Å²) in [5.74, 6) is 0. The molecule has 7 heteroatoms. The molecule has 2 heterocycles. The number of nitrogens with zero attached hydrogens (tertiary/aromatic N) is 2. The van der Waals surface area contributed by atoms with Crippen LogP contribution in [0.4, 0.5) is 0 Å². The topological polar surface area (TPSA) is 52.7 Å². The molecule has 0 bridgehead atoms. The first kappa shape index (κ1) is 16.4. The zero-order valence-corrected chi connectivity index (χ0v) is 15.2. The van der Waals surface area contributed by atoms with Crippen LogP contribution in [-0.4, -0.2) is 62.9 Å². The van der Waals surface area contributed by atoms with Crippen LogP contribution in [0.2, 0.25) is 0 Å². The number of hydrogen-bond donors (Lipinski definition) is 1. The Balaban J connectivity index is 1.76. The lowest BCUT2D eigenvalue weighted by Gasteiger charge is -2.32. The zero-order chi connectivity index (χ0) is 15.7. The van der Waals surface area contributed by atoms with Gasteiger partial charge in [-0.3, -0.25) is 4.90 Å². The van der Waals surface area contributed by atoms with Crippen molar-refractivity contribution in [2.24, 2.45) is 0 Å². The molecule has 2 fully saturated rings. The van der Waals surface area contributed by atoms with Gasteiger partial charge in [-0.25, -0.2) is 8.42 Å². The van der Waals surface area contributed by atoms with Crippen molar-refractivity contribution in [3.05, 3.63) is 28.2 Å². The number of hydrogen-bond acceptors (Lipinski definition) is 4. The van der Waals surface area contributed by atoms with Gasteiger partial charge in [-0.15, -0.1) is 0 Å². The van der Waals surface area contributed by atoms with Gasteiger partial charge in [0.1, 0.15) is 0 Å². The fourth-order valence-corrected chi connectivity index (χ4v) is 5.87. The largest absolute Gasteiger partial charge is 0.314 e. The van der Waals surface area contributed by atoms with Crippen molar-refractivity contribution in [2.45, 2.75) is 24.3 Å². The lowest BCUT2D eigenvalue weighted by atomic mass is 10.2. The average molecular weight is 388 g/mol. The average Bonchev–Trinajstić information content (AvgIpc) is 2.98. The molecule has 1 aromatic rings. The number of nitrogens with one attached hydrogen (secondary N) is 1. The number of benzene rings is 1. The second kappa shape index (κ2) is 6.57. The molecule has 0 amide bonds. The molecule has 0 spiro atoms. The summed E-state index contributed by atoms with van der Waals surface area (Å²) < 4.78 is 28.0. The third-order valence-corrected chi connectivity index (χ3v) is 7.34. The van der Waals surface area contributed by atoms with Crippen molar-refractivity contribution >= 4 is 26.0 Å². The molecule has 1 atom stereocenters. The second-order valence-corrected chi connectivity index (χ2v) is 8.79. The predicted octanol–water partition coefficient (Wildman–Crippen LogP) is 1.43. The van der Waals surface area contributed by atoms with Crippen LogP contribution in [0.15, 0.2) is 27.6 Å². The van der Waals surface area contributed by atoms with Gasteiger partial charge in [0.25, 0.3) is 0 Å². The number of rotatable bonds is 3. The van der Waals surface area contributed by atoms with Crippen LogP contribution in [0.3, 0.4) is 0 Å². The summed E-state index contributed by atoms with van der Waals surface area (Å²) in [6, 6.07) is 5.76. The van der Waals surface area contributed by atoms with Gasteiger partial charge in [0.2, 0.25) is 10.0 Å². The maximum atomic E-state index is 12.9. The van der Waals surface area contributed by atoms with Gasteiger partial charge < -0.3 is 5.32 Å². The van der Waals surface area contributed by atoms with Crippen LogP contribution < -0.4 is 5.32 Å². The van der Waals surface area contributed by atoms with Crippen LogP contribution in [0, 0.1) is 6.92 Å². The molecule has 1 unspecified atom stereocenters. The Morgan fingerprint density at radius 2 is 1.95 bits per heavy atom. The first-order valence-corrected chi connectivity index (χ1v) is 9.93. The minimum absolute atomic E-state index is 0.348. The van der Waals surface area contributed by atoms with Crippen molar-refractivity contribution in [3.63, 3.8) is 0 Å². The van der Waals surface area contributed by atoms with E-state index in [1.54, 1.807) is 10.4 Å². The van der Waals surface area contributed by atoms with Crippen LogP contribution in [0.25, 0.3) is 0 Å². The number of piperazine rings is 1. The van der Waals surface area contributed by atoms with Gasteiger partial charge in [-0.05, 0) is 47.0 Å². The summed E-state index contributed by atoms with van der Waals surface area (Å²) in [6.07, 6.45) is 0.919. The summed E-state index contributed by atoms with van der Waals surface area (Å²) in [5, 5.41) is 3.34. The molecule has 1 aromatic carbocycles. The van der Waals surface area contributed by atoms with Gasteiger partial charge in [-0.1, -0.05) is 6.07 Å². The molecule has 2 aliphatic rings. The third-order valence-electron chi connectivity index (χ3n) is 4.50. The molecule has 0 radical (unpaired) electrons. The minimum atomic E-state index is -3.41. The highest BCUT2D eigenvalue weighted by Gasteiger charge is 2.36. The highest BCUT2D eigenvalue weighted by molar-refractivity contribution is 9.10. The molecule has 22 heavy (non-hydrogen) atoms. The molecule has 3 rings (SSSR count). The first-order valence-electron chi connectivity index (χ1n) is 7.69. The van der Waals surface area contributed by atoms with E-state index < -0.39 is 10.0 Å². The van der Waals surface area contributed by atoms with E-state index >= 15 is 0 Å².